The Labute approximate surface area is 148 Å². The average Bonchev–Trinajstić information content (AvgIpc) is 3.08. The fourth-order valence-corrected chi connectivity index (χ4v) is 2.42. The molecule has 0 amide bonds. The summed E-state index contributed by atoms with van der Waals surface area (Å²) in [4.78, 5) is 8.66. The molecule has 0 saturated carbocycles. The Kier molecular flexibility index (Phi) is 7.40. The van der Waals surface area contributed by atoms with Crippen LogP contribution in [0.1, 0.15) is 31.7 Å². The lowest BCUT2D eigenvalue weighted by molar-refractivity contribution is 0.179. The molecular weight excluding hydrogens is 318 g/mol. The number of nitrogens with one attached hydrogen (secondary N) is 2. The van der Waals surface area contributed by atoms with Crippen molar-refractivity contribution in [2.24, 2.45) is 4.99 Å². The highest BCUT2D eigenvalue weighted by Crippen LogP contribution is 2.18. The number of ether oxygens (including phenoxy) is 1. The molecule has 0 aliphatic carbocycles. The Balaban J connectivity index is 1.98. The summed E-state index contributed by atoms with van der Waals surface area (Å²) in [5.74, 6) is 2.04. The molecule has 2 rings (SSSR count). The quantitative estimate of drug-likeness (QED) is 0.564. The van der Waals surface area contributed by atoms with Crippen molar-refractivity contribution in [3.8, 4) is 11.5 Å². The van der Waals surface area contributed by atoms with Crippen LogP contribution in [0.15, 0.2) is 33.8 Å². The maximum absolute atomic E-state index is 5.35. The highest BCUT2D eigenvalue weighted by molar-refractivity contribution is 5.79. The Morgan fingerprint density at radius 1 is 1.40 bits per heavy atom. The molecule has 0 fully saturated rings. The number of methoxy groups -OCH3 is 1. The Morgan fingerprint density at radius 2 is 2.24 bits per heavy atom. The predicted molar refractivity (Wildman–Crippen MR) is 98.4 cm³/mol. The van der Waals surface area contributed by atoms with E-state index in [4.69, 9.17) is 9.26 Å². The third-order valence-corrected chi connectivity index (χ3v) is 3.60. The molecule has 0 radical (unpaired) electrons. The van der Waals surface area contributed by atoms with Crippen molar-refractivity contribution in [1.29, 1.82) is 0 Å². The number of rotatable bonds is 8. The Hall–Kier alpha value is -2.41. The zero-order chi connectivity index (χ0) is 18.1. The third-order valence-electron chi connectivity index (χ3n) is 3.60. The van der Waals surface area contributed by atoms with Crippen molar-refractivity contribution in [2.45, 2.75) is 39.3 Å². The lowest BCUT2D eigenvalue weighted by atomic mass is 10.1. The normalized spacial score (nSPS) is 12.9. The number of aliphatic imine (C=N–C) groups is 1. The second kappa shape index (κ2) is 9.78. The standard InChI is InChI=1S/C18H27N5O2/c1-5-7-16-22-17(25-23-16)15-9-6-8-14(10-15)11-20-18(19-3)21-13(2)12-24-4/h6,8-10,13H,5,7,11-12H2,1-4H3,(H2,19,20,21). The summed E-state index contributed by atoms with van der Waals surface area (Å²) in [5, 5.41) is 10.6. The van der Waals surface area contributed by atoms with Crippen molar-refractivity contribution in [3.05, 3.63) is 35.7 Å². The van der Waals surface area contributed by atoms with Crippen molar-refractivity contribution >= 4 is 5.96 Å². The van der Waals surface area contributed by atoms with Gasteiger partial charge in [-0.3, -0.25) is 4.99 Å². The Bertz CT molecular complexity index is 684. The van der Waals surface area contributed by atoms with Gasteiger partial charge in [0.25, 0.3) is 5.89 Å². The SMILES string of the molecule is CCCc1noc(-c2cccc(CNC(=NC)NC(C)COC)c2)n1. The summed E-state index contributed by atoms with van der Waals surface area (Å²) in [6.07, 6.45) is 1.82. The van der Waals surface area contributed by atoms with Crippen LogP contribution in [0.3, 0.4) is 0 Å². The van der Waals surface area contributed by atoms with Gasteiger partial charge < -0.3 is 19.9 Å². The first kappa shape index (κ1) is 18.9. The molecule has 2 aromatic rings. The van der Waals surface area contributed by atoms with E-state index < -0.39 is 0 Å². The van der Waals surface area contributed by atoms with Crippen LogP contribution in [-0.2, 0) is 17.7 Å². The van der Waals surface area contributed by atoms with Gasteiger partial charge in [-0.15, -0.1) is 0 Å². The van der Waals surface area contributed by atoms with Gasteiger partial charge in [0.05, 0.1) is 6.61 Å². The fraction of sp³-hybridized carbons (Fsp3) is 0.500. The molecule has 1 atom stereocenters. The maximum atomic E-state index is 5.35. The molecule has 0 bridgehead atoms. The smallest absolute Gasteiger partial charge is 0.257 e. The molecule has 1 unspecified atom stereocenters. The molecule has 0 aliphatic rings. The predicted octanol–water partition coefficient (Wildman–Crippen LogP) is 2.39. The molecule has 1 aromatic carbocycles. The average molecular weight is 345 g/mol. The van der Waals surface area contributed by atoms with Crippen molar-refractivity contribution in [2.75, 3.05) is 20.8 Å². The van der Waals surface area contributed by atoms with Gasteiger partial charge in [-0.25, -0.2) is 0 Å². The largest absolute Gasteiger partial charge is 0.383 e. The van der Waals surface area contributed by atoms with Crippen molar-refractivity contribution < 1.29 is 9.26 Å². The molecule has 7 heteroatoms. The molecule has 7 nitrogen and oxygen atoms in total. The van der Waals surface area contributed by atoms with Crippen LogP contribution in [0.2, 0.25) is 0 Å². The molecular formula is C18H27N5O2. The zero-order valence-electron chi connectivity index (χ0n) is 15.4. The first-order valence-electron chi connectivity index (χ1n) is 8.54. The van der Waals surface area contributed by atoms with Gasteiger partial charge in [-0.05, 0) is 31.0 Å². The van der Waals surface area contributed by atoms with E-state index in [1.165, 1.54) is 0 Å². The molecule has 2 N–H and O–H groups in total. The summed E-state index contributed by atoms with van der Waals surface area (Å²) >= 11 is 0. The van der Waals surface area contributed by atoms with Gasteiger partial charge in [-0.2, -0.15) is 4.98 Å². The van der Waals surface area contributed by atoms with Gasteiger partial charge in [0, 0.05) is 38.7 Å². The van der Waals surface area contributed by atoms with Crippen LogP contribution in [-0.4, -0.2) is 42.9 Å². The first-order valence-corrected chi connectivity index (χ1v) is 8.54. The van der Waals surface area contributed by atoms with E-state index in [9.17, 15) is 0 Å². The van der Waals surface area contributed by atoms with E-state index in [1.807, 2.05) is 31.2 Å². The summed E-state index contributed by atoms with van der Waals surface area (Å²) in [5.41, 5.74) is 2.03. The van der Waals surface area contributed by atoms with E-state index in [1.54, 1.807) is 14.2 Å². The number of benzene rings is 1. The highest BCUT2D eigenvalue weighted by Gasteiger charge is 2.09. The van der Waals surface area contributed by atoms with Crippen LogP contribution in [0.25, 0.3) is 11.5 Å². The molecule has 0 saturated heterocycles. The maximum Gasteiger partial charge on any atom is 0.257 e. The number of guanidine groups is 1. The first-order chi connectivity index (χ1) is 12.2. The number of aromatic nitrogens is 2. The summed E-state index contributed by atoms with van der Waals surface area (Å²) in [6.45, 7) is 5.40. The van der Waals surface area contributed by atoms with Crippen molar-refractivity contribution in [1.82, 2.24) is 20.8 Å². The van der Waals surface area contributed by atoms with E-state index in [-0.39, 0.29) is 6.04 Å². The minimum atomic E-state index is 0.179. The molecule has 136 valence electrons. The van der Waals surface area contributed by atoms with E-state index >= 15 is 0 Å². The van der Waals surface area contributed by atoms with Crippen LogP contribution in [0.5, 0.6) is 0 Å². The second-order valence-electron chi connectivity index (χ2n) is 5.89. The fourth-order valence-electron chi connectivity index (χ4n) is 2.42. The zero-order valence-corrected chi connectivity index (χ0v) is 15.4. The van der Waals surface area contributed by atoms with Crippen LogP contribution >= 0.6 is 0 Å². The molecule has 0 spiro atoms. The summed E-state index contributed by atoms with van der Waals surface area (Å²) in [7, 11) is 3.43. The Morgan fingerprint density at radius 3 is 2.96 bits per heavy atom. The van der Waals surface area contributed by atoms with Gasteiger partial charge >= 0.3 is 0 Å². The minimum absolute atomic E-state index is 0.179. The topological polar surface area (TPSA) is 84.6 Å². The van der Waals surface area contributed by atoms with E-state index in [0.717, 1.165) is 35.8 Å². The molecule has 0 aliphatic heterocycles. The third kappa shape index (κ3) is 5.86. The van der Waals surface area contributed by atoms with Gasteiger partial charge in [0.15, 0.2) is 11.8 Å². The number of aryl methyl sites for hydroxylation is 1. The monoisotopic (exact) mass is 345 g/mol. The lowest BCUT2D eigenvalue weighted by Gasteiger charge is -2.17. The number of hydrogen-bond acceptors (Lipinski definition) is 5. The number of nitrogens with zero attached hydrogens (tertiary/aromatic N) is 3. The van der Waals surface area contributed by atoms with Crippen LogP contribution in [0, 0.1) is 0 Å². The second-order valence-corrected chi connectivity index (χ2v) is 5.89. The molecule has 25 heavy (non-hydrogen) atoms. The van der Waals surface area contributed by atoms with Gasteiger partial charge in [-0.1, -0.05) is 24.2 Å². The van der Waals surface area contributed by atoms with E-state index in [0.29, 0.717) is 19.0 Å². The highest BCUT2D eigenvalue weighted by atomic mass is 16.5. The van der Waals surface area contributed by atoms with E-state index in [2.05, 4.69) is 32.7 Å². The van der Waals surface area contributed by atoms with Gasteiger partial charge in [0.1, 0.15) is 0 Å². The lowest BCUT2D eigenvalue weighted by Crippen LogP contribution is -2.43. The van der Waals surface area contributed by atoms with Gasteiger partial charge in [0.2, 0.25) is 0 Å². The molecule has 1 aromatic heterocycles. The molecule has 1 heterocycles. The summed E-state index contributed by atoms with van der Waals surface area (Å²) < 4.78 is 10.5. The minimum Gasteiger partial charge on any atom is -0.383 e. The summed E-state index contributed by atoms with van der Waals surface area (Å²) in [6, 6.07) is 8.23. The van der Waals surface area contributed by atoms with Crippen LogP contribution < -0.4 is 10.6 Å². The van der Waals surface area contributed by atoms with Crippen LogP contribution in [0.4, 0.5) is 0 Å². The van der Waals surface area contributed by atoms with Crippen molar-refractivity contribution in [3.63, 3.8) is 0 Å². The number of hydrogen-bond donors (Lipinski definition) is 2.